The van der Waals surface area contributed by atoms with Gasteiger partial charge < -0.3 is 15.1 Å². The van der Waals surface area contributed by atoms with Gasteiger partial charge in [-0.15, -0.1) is 11.3 Å². The van der Waals surface area contributed by atoms with Gasteiger partial charge in [0.15, 0.2) is 6.04 Å². The smallest absolute Gasteiger partial charge is 0.410 e. The number of fused-ring (bicyclic) bond motifs is 1. The number of carbonyl (C=O) groups is 1. The first-order valence-electron chi connectivity index (χ1n) is 8.18. The van der Waals surface area contributed by atoms with Crippen molar-refractivity contribution in [3.8, 4) is 0 Å². The van der Waals surface area contributed by atoms with Crippen molar-refractivity contribution in [3.63, 3.8) is 0 Å². The molecule has 2 atom stereocenters. The molecule has 3 aromatic rings. The van der Waals surface area contributed by atoms with Crippen molar-refractivity contribution in [3.05, 3.63) is 58.3 Å². The predicted octanol–water partition coefficient (Wildman–Crippen LogP) is 4.13. The number of nitrogens with zero attached hydrogens (tertiary/aromatic N) is 2. The molecule has 6 nitrogen and oxygen atoms in total. The molecule has 1 aliphatic rings. The number of thiophene rings is 1. The minimum absolute atomic E-state index is 0.0667. The van der Waals surface area contributed by atoms with Crippen LogP contribution in [0.2, 0.25) is 0 Å². The fourth-order valence-electron chi connectivity index (χ4n) is 3.08. The van der Waals surface area contributed by atoms with Crippen molar-refractivity contribution in [2.75, 3.05) is 5.32 Å². The van der Waals surface area contributed by atoms with Crippen LogP contribution in [0, 0.1) is 0 Å². The summed E-state index contributed by atoms with van der Waals surface area (Å²) >= 11 is 1.37. The van der Waals surface area contributed by atoms with Crippen LogP contribution in [0.25, 0.3) is 0 Å². The maximum atomic E-state index is 13.6. The molecule has 0 aromatic carbocycles. The quantitative estimate of drug-likeness (QED) is 0.696. The van der Waals surface area contributed by atoms with Crippen molar-refractivity contribution < 1.29 is 22.4 Å². The second-order valence-electron chi connectivity index (χ2n) is 6.12. The lowest BCUT2D eigenvalue weighted by Crippen LogP contribution is -2.36. The van der Waals surface area contributed by atoms with Gasteiger partial charge in [-0.25, -0.2) is 4.68 Å². The van der Waals surface area contributed by atoms with E-state index in [1.54, 1.807) is 24.3 Å². The zero-order valence-electron chi connectivity index (χ0n) is 13.9. The van der Waals surface area contributed by atoms with Crippen molar-refractivity contribution in [2.45, 2.75) is 31.2 Å². The fourth-order valence-corrected chi connectivity index (χ4v) is 3.87. The number of nitrogens with one attached hydrogen (secondary N) is 2. The second kappa shape index (κ2) is 6.76. The van der Waals surface area contributed by atoms with Crippen LogP contribution in [0.15, 0.2) is 46.5 Å². The summed E-state index contributed by atoms with van der Waals surface area (Å²) in [6.07, 6.45) is -2.02. The van der Waals surface area contributed by atoms with E-state index < -0.39 is 24.2 Å². The van der Waals surface area contributed by atoms with E-state index in [1.807, 2.05) is 5.38 Å². The van der Waals surface area contributed by atoms with Gasteiger partial charge in [-0.2, -0.15) is 18.3 Å². The normalized spacial score (nSPS) is 19.4. The molecule has 1 amide bonds. The molecule has 4 rings (SSSR count). The molecule has 0 bridgehead atoms. The van der Waals surface area contributed by atoms with Crippen molar-refractivity contribution in [2.24, 2.45) is 0 Å². The molecule has 2 N–H and O–H groups in total. The topological polar surface area (TPSA) is 72.1 Å². The average Bonchev–Trinajstić information content (AvgIpc) is 3.39. The summed E-state index contributed by atoms with van der Waals surface area (Å²) in [5.74, 6) is 0.0915. The van der Waals surface area contributed by atoms with Gasteiger partial charge in [0.25, 0.3) is 5.91 Å². The van der Waals surface area contributed by atoms with Gasteiger partial charge in [-0.1, -0.05) is 6.07 Å². The Morgan fingerprint density at radius 2 is 2.26 bits per heavy atom. The number of furan rings is 1. The Bertz CT molecular complexity index is 919. The van der Waals surface area contributed by atoms with Crippen molar-refractivity contribution >= 4 is 23.1 Å². The van der Waals surface area contributed by atoms with Gasteiger partial charge in [0.1, 0.15) is 17.1 Å². The molecule has 27 heavy (non-hydrogen) atoms. The van der Waals surface area contributed by atoms with Crippen molar-refractivity contribution in [1.82, 2.24) is 15.1 Å². The number of halogens is 3. The second-order valence-corrected chi connectivity index (χ2v) is 7.10. The fraction of sp³-hybridized carbons (Fsp3) is 0.294. The zero-order chi connectivity index (χ0) is 19.0. The van der Waals surface area contributed by atoms with Gasteiger partial charge in [-0.05, 0) is 23.6 Å². The van der Waals surface area contributed by atoms with E-state index in [1.165, 1.54) is 17.6 Å². The van der Waals surface area contributed by atoms with Gasteiger partial charge in [0, 0.05) is 11.3 Å². The van der Waals surface area contributed by atoms with Crippen LogP contribution in [0.3, 0.4) is 0 Å². The lowest BCUT2D eigenvalue weighted by Gasteiger charge is -2.33. The minimum atomic E-state index is -4.47. The predicted molar refractivity (Wildman–Crippen MR) is 92.5 cm³/mol. The number of rotatable bonds is 4. The molecule has 10 heteroatoms. The lowest BCUT2D eigenvalue weighted by molar-refractivity contribution is -0.173. The largest absolute Gasteiger partial charge is 0.467 e. The summed E-state index contributed by atoms with van der Waals surface area (Å²) in [6, 6.07) is 4.60. The Morgan fingerprint density at radius 1 is 1.41 bits per heavy atom. The van der Waals surface area contributed by atoms with E-state index >= 15 is 0 Å². The molecule has 0 aliphatic carbocycles. The number of alkyl halides is 3. The highest BCUT2D eigenvalue weighted by molar-refractivity contribution is 7.10. The molecular weight excluding hydrogens is 381 g/mol. The number of aromatic nitrogens is 2. The van der Waals surface area contributed by atoms with Crippen LogP contribution >= 0.6 is 11.3 Å². The summed E-state index contributed by atoms with van der Waals surface area (Å²) in [5.41, 5.74) is 0.0667. The molecule has 0 spiro atoms. The molecule has 0 radical (unpaired) electrons. The molecule has 0 unspecified atom stereocenters. The Labute approximate surface area is 156 Å². The van der Waals surface area contributed by atoms with Crippen LogP contribution < -0.4 is 10.6 Å². The Balaban J connectivity index is 1.63. The number of hydrogen-bond acceptors (Lipinski definition) is 5. The van der Waals surface area contributed by atoms with E-state index in [-0.39, 0.29) is 24.3 Å². The molecule has 0 fully saturated rings. The first-order chi connectivity index (χ1) is 12.9. The van der Waals surface area contributed by atoms with E-state index in [0.717, 1.165) is 15.8 Å². The van der Waals surface area contributed by atoms with E-state index in [0.29, 0.717) is 5.76 Å². The first-order valence-corrected chi connectivity index (χ1v) is 9.06. The lowest BCUT2D eigenvalue weighted by atomic mass is 10.0. The Morgan fingerprint density at radius 3 is 2.93 bits per heavy atom. The van der Waals surface area contributed by atoms with Crippen LogP contribution in [0.4, 0.5) is 19.0 Å². The standard InChI is InChI=1S/C17H15F3N4O2S/c18-17(19,20)14-7-12(13-4-2-6-27-13)23-15-11(9-22-24(14)15)16(25)21-8-10-3-1-5-26-10/h1-6,9,12,14,23H,7-8H2,(H,21,25)/t12-,14+/m0/s1. The van der Waals surface area contributed by atoms with Crippen LogP contribution in [0.5, 0.6) is 0 Å². The summed E-state index contributed by atoms with van der Waals surface area (Å²) in [6.45, 7) is 0.132. The van der Waals surface area contributed by atoms with Gasteiger partial charge in [0.05, 0.1) is 25.0 Å². The summed E-state index contributed by atoms with van der Waals surface area (Å²) in [4.78, 5) is 13.3. The third-order valence-corrected chi connectivity index (χ3v) is 5.36. The Hall–Kier alpha value is -2.75. The monoisotopic (exact) mass is 396 g/mol. The third-order valence-electron chi connectivity index (χ3n) is 4.37. The number of anilines is 1. The molecule has 1 aliphatic heterocycles. The van der Waals surface area contributed by atoms with Gasteiger partial charge in [0.2, 0.25) is 0 Å². The average molecular weight is 396 g/mol. The number of amides is 1. The molecule has 0 saturated carbocycles. The molecule has 142 valence electrons. The highest BCUT2D eigenvalue weighted by Crippen LogP contribution is 2.44. The molecule has 0 saturated heterocycles. The highest BCUT2D eigenvalue weighted by Gasteiger charge is 2.47. The van der Waals surface area contributed by atoms with Crippen LogP contribution in [-0.4, -0.2) is 21.9 Å². The van der Waals surface area contributed by atoms with Gasteiger partial charge in [-0.3, -0.25) is 4.79 Å². The first kappa shape index (κ1) is 17.7. The summed E-state index contributed by atoms with van der Waals surface area (Å²) in [7, 11) is 0. The van der Waals surface area contributed by atoms with E-state index in [2.05, 4.69) is 15.7 Å². The maximum Gasteiger partial charge on any atom is 0.410 e. The molecule has 4 heterocycles. The SMILES string of the molecule is O=C(NCc1ccco1)c1cnn2c1N[C@H](c1cccs1)C[C@@H]2C(F)(F)F. The van der Waals surface area contributed by atoms with Crippen molar-refractivity contribution in [1.29, 1.82) is 0 Å². The minimum Gasteiger partial charge on any atom is -0.467 e. The molecule has 3 aromatic heterocycles. The summed E-state index contributed by atoms with van der Waals surface area (Å²) < 4.78 is 46.7. The van der Waals surface area contributed by atoms with Crippen LogP contribution in [-0.2, 0) is 6.54 Å². The number of carbonyl (C=O) groups excluding carboxylic acids is 1. The third kappa shape index (κ3) is 3.44. The number of hydrogen-bond donors (Lipinski definition) is 2. The van der Waals surface area contributed by atoms with E-state index in [9.17, 15) is 18.0 Å². The van der Waals surface area contributed by atoms with Gasteiger partial charge >= 0.3 is 6.18 Å². The summed E-state index contributed by atoms with van der Waals surface area (Å²) in [5, 5.41) is 11.3. The molecular formula is C17H15F3N4O2S. The van der Waals surface area contributed by atoms with Crippen LogP contribution in [0.1, 0.15) is 39.5 Å². The maximum absolute atomic E-state index is 13.6. The Kier molecular flexibility index (Phi) is 4.42. The zero-order valence-corrected chi connectivity index (χ0v) is 14.7. The highest BCUT2D eigenvalue weighted by atomic mass is 32.1. The van der Waals surface area contributed by atoms with E-state index in [4.69, 9.17) is 4.42 Å².